The van der Waals surface area contributed by atoms with Crippen LogP contribution in [0.5, 0.6) is 0 Å². The molecule has 0 aliphatic heterocycles. The van der Waals surface area contributed by atoms with Crippen molar-refractivity contribution in [2.45, 2.75) is 39.3 Å². The number of rotatable bonds is 6. The molecule has 0 saturated heterocycles. The van der Waals surface area contributed by atoms with Gasteiger partial charge in [-0.2, -0.15) is 5.10 Å². The molecule has 0 saturated carbocycles. The Morgan fingerprint density at radius 3 is 2.87 bits per heavy atom. The second kappa shape index (κ2) is 5.28. The van der Waals surface area contributed by atoms with Crippen LogP contribution in [0.2, 0.25) is 0 Å². The summed E-state index contributed by atoms with van der Waals surface area (Å²) in [7, 11) is 0. The average Bonchev–Trinajstić information content (AvgIpc) is 2.64. The van der Waals surface area contributed by atoms with E-state index in [1.54, 1.807) is 13.1 Å². The molecule has 1 atom stereocenters. The van der Waals surface area contributed by atoms with Crippen LogP contribution in [0, 0.1) is 0 Å². The van der Waals surface area contributed by atoms with Gasteiger partial charge >= 0.3 is 0 Å². The molecule has 0 spiro atoms. The van der Waals surface area contributed by atoms with Gasteiger partial charge in [0, 0.05) is 19.3 Å². The fourth-order valence-electron chi connectivity index (χ4n) is 1.55. The molecule has 0 bridgehead atoms. The molecule has 0 amide bonds. The molecule has 0 fully saturated rings. The van der Waals surface area contributed by atoms with Gasteiger partial charge in [-0.05, 0) is 26.3 Å². The standard InChI is InChI=1S/C11H20N2O2/c1-4-8-13-10(6-7-12-13)11(3,14)9-15-5-2/h6-7,14H,4-5,8-9H2,1-3H3. The zero-order chi connectivity index (χ0) is 11.3. The van der Waals surface area contributed by atoms with Crippen LogP contribution in [0.3, 0.4) is 0 Å². The van der Waals surface area contributed by atoms with Crippen LogP contribution in [0.1, 0.15) is 32.9 Å². The Bertz CT molecular complexity index is 295. The van der Waals surface area contributed by atoms with Crippen molar-refractivity contribution in [3.63, 3.8) is 0 Å². The molecule has 0 aliphatic carbocycles. The van der Waals surface area contributed by atoms with Crippen LogP contribution < -0.4 is 0 Å². The monoisotopic (exact) mass is 212 g/mol. The Labute approximate surface area is 90.9 Å². The van der Waals surface area contributed by atoms with Crippen molar-refractivity contribution in [2.75, 3.05) is 13.2 Å². The lowest BCUT2D eigenvalue weighted by Gasteiger charge is -2.23. The predicted molar refractivity (Wildman–Crippen MR) is 58.6 cm³/mol. The Balaban J connectivity index is 2.78. The Morgan fingerprint density at radius 1 is 1.53 bits per heavy atom. The topological polar surface area (TPSA) is 47.3 Å². The van der Waals surface area contributed by atoms with E-state index in [0.717, 1.165) is 18.7 Å². The largest absolute Gasteiger partial charge is 0.381 e. The lowest BCUT2D eigenvalue weighted by atomic mass is 10.0. The van der Waals surface area contributed by atoms with E-state index in [1.165, 1.54) is 0 Å². The summed E-state index contributed by atoms with van der Waals surface area (Å²) >= 11 is 0. The lowest BCUT2D eigenvalue weighted by molar-refractivity contribution is -0.0401. The number of hydrogen-bond donors (Lipinski definition) is 1. The van der Waals surface area contributed by atoms with E-state index in [1.807, 2.05) is 17.7 Å². The number of aryl methyl sites for hydroxylation is 1. The predicted octanol–water partition coefficient (Wildman–Crippen LogP) is 1.54. The van der Waals surface area contributed by atoms with Crippen LogP contribution in [0.15, 0.2) is 12.3 Å². The van der Waals surface area contributed by atoms with Gasteiger partial charge in [-0.25, -0.2) is 0 Å². The fraction of sp³-hybridized carbons (Fsp3) is 0.727. The van der Waals surface area contributed by atoms with E-state index in [2.05, 4.69) is 12.0 Å². The number of ether oxygens (including phenoxy) is 1. The van der Waals surface area contributed by atoms with Gasteiger partial charge < -0.3 is 9.84 Å². The number of aromatic nitrogens is 2. The quantitative estimate of drug-likeness (QED) is 0.778. The first kappa shape index (κ1) is 12.2. The van der Waals surface area contributed by atoms with Gasteiger partial charge in [-0.3, -0.25) is 4.68 Å². The molecule has 1 aromatic rings. The van der Waals surface area contributed by atoms with E-state index in [9.17, 15) is 5.11 Å². The molecule has 0 radical (unpaired) electrons. The first-order chi connectivity index (χ1) is 7.11. The summed E-state index contributed by atoms with van der Waals surface area (Å²) in [6.45, 7) is 7.50. The van der Waals surface area contributed by atoms with Crippen LogP contribution in [0.25, 0.3) is 0 Å². The van der Waals surface area contributed by atoms with Crippen LogP contribution in [-0.2, 0) is 16.9 Å². The van der Waals surface area contributed by atoms with Crippen molar-refractivity contribution in [1.82, 2.24) is 9.78 Å². The van der Waals surface area contributed by atoms with Crippen molar-refractivity contribution in [3.05, 3.63) is 18.0 Å². The third-order valence-electron chi connectivity index (χ3n) is 2.29. The molecule has 0 aromatic carbocycles. The molecular formula is C11H20N2O2. The van der Waals surface area contributed by atoms with E-state index < -0.39 is 5.60 Å². The highest BCUT2D eigenvalue weighted by atomic mass is 16.5. The van der Waals surface area contributed by atoms with Gasteiger partial charge in [0.05, 0.1) is 12.3 Å². The third kappa shape index (κ3) is 3.04. The minimum absolute atomic E-state index is 0.304. The number of aliphatic hydroxyl groups is 1. The zero-order valence-electron chi connectivity index (χ0n) is 9.73. The SMILES string of the molecule is CCCn1nccc1C(C)(O)COCC. The van der Waals surface area contributed by atoms with E-state index >= 15 is 0 Å². The maximum atomic E-state index is 10.2. The summed E-state index contributed by atoms with van der Waals surface area (Å²) in [5.74, 6) is 0. The van der Waals surface area contributed by atoms with Crippen molar-refractivity contribution >= 4 is 0 Å². The van der Waals surface area contributed by atoms with Crippen LogP contribution in [-0.4, -0.2) is 28.1 Å². The smallest absolute Gasteiger partial charge is 0.127 e. The van der Waals surface area contributed by atoms with Crippen molar-refractivity contribution in [1.29, 1.82) is 0 Å². The second-order valence-electron chi connectivity index (χ2n) is 3.85. The minimum atomic E-state index is -0.957. The van der Waals surface area contributed by atoms with Gasteiger partial charge in [0.1, 0.15) is 5.60 Å². The van der Waals surface area contributed by atoms with Crippen LogP contribution in [0.4, 0.5) is 0 Å². The van der Waals surface area contributed by atoms with Gasteiger partial charge in [-0.15, -0.1) is 0 Å². The highest BCUT2D eigenvalue weighted by Gasteiger charge is 2.27. The molecule has 1 rings (SSSR count). The summed E-state index contributed by atoms with van der Waals surface area (Å²) in [5.41, 5.74) is -0.139. The summed E-state index contributed by atoms with van der Waals surface area (Å²) < 4.78 is 7.10. The van der Waals surface area contributed by atoms with Gasteiger partial charge in [0.25, 0.3) is 0 Å². The highest BCUT2D eigenvalue weighted by Crippen LogP contribution is 2.20. The maximum absolute atomic E-state index is 10.2. The van der Waals surface area contributed by atoms with Crippen molar-refractivity contribution in [2.24, 2.45) is 0 Å². The lowest BCUT2D eigenvalue weighted by Crippen LogP contribution is -2.31. The van der Waals surface area contributed by atoms with E-state index in [4.69, 9.17) is 4.74 Å². The first-order valence-electron chi connectivity index (χ1n) is 5.44. The second-order valence-corrected chi connectivity index (χ2v) is 3.85. The zero-order valence-corrected chi connectivity index (χ0v) is 9.73. The summed E-state index contributed by atoms with van der Waals surface area (Å²) in [6.07, 6.45) is 2.71. The minimum Gasteiger partial charge on any atom is -0.381 e. The molecule has 86 valence electrons. The first-order valence-corrected chi connectivity index (χ1v) is 5.44. The molecule has 4 nitrogen and oxygen atoms in total. The fourth-order valence-corrected chi connectivity index (χ4v) is 1.55. The molecule has 1 N–H and O–H groups in total. The molecule has 4 heteroatoms. The van der Waals surface area contributed by atoms with E-state index in [-0.39, 0.29) is 0 Å². The Hall–Kier alpha value is -0.870. The van der Waals surface area contributed by atoms with Crippen molar-refractivity contribution < 1.29 is 9.84 Å². The summed E-state index contributed by atoms with van der Waals surface area (Å²) in [4.78, 5) is 0. The van der Waals surface area contributed by atoms with Crippen molar-refractivity contribution in [3.8, 4) is 0 Å². The number of hydrogen-bond acceptors (Lipinski definition) is 3. The molecule has 1 unspecified atom stereocenters. The molecular weight excluding hydrogens is 192 g/mol. The van der Waals surface area contributed by atoms with E-state index in [0.29, 0.717) is 13.2 Å². The molecule has 0 aliphatic rings. The van der Waals surface area contributed by atoms with Gasteiger partial charge in [-0.1, -0.05) is 6.92 Å². The summed E-state index contributed by atoms with van der Waals surface area (Å²) in [6, 6.07) is 1.84. The average molecular weight is 212 g/mol. The highest BCUT2D eigenvalue weighted by molar-refractivity contribution is 5.10. The van der Waals surface area contributed by atoms with Gasteiger partial charge in [0.2, 0.25) is 0 Å². The normalized spacial score (nSPS) is 15.2. The molecule has 1 aromatic heterocycles. The Kier molecular flexibility index (Phi) is 4.29. The number of nitrogens with zero attached hydrogens (tertiary/aromatic N) is 2. The molecule has 15 heavy (non-hydrogen) atoms. The van der Waals surface area contributed by atoms with Gasteiger partial charge in [0.15, 0.2) is 0 Å². The molecule has 1 heterocycles. The van der Waals surface area contributed by atoms with Crippen LogP contribution >= 0.6 is 0 Å². The third-order valence-corrected chi connectivity index (χ3v) is 2.29. The summed E-state index contributed by atoms with van der Waals surface area (Å²) in [5, 5.41) is 14.4. The Morgan fingerprint density at radius 2 is 2.27 bits per heavy atom. The maximum Gasteiger partial charge on any atom is 0.127 e.